The van der Waals surface area contributed by atoms with E-state index >= 15 is 0 Å². The van der Waals surface area contributed by atoms with Gasteiger partial charge in [-0.05, 0) is 30.2 Å². The summed E-state index contributed by atoms with van der Waals surface area (Å²) in [4.78, 5) is 13.5. The van der Waals surface area contributed by atoms with Gasteiger partial charge in [0.25, 0.3) is 0 Å². The summed E-state index contributed by atoms with van der Waals surface area (Å²) in [7, 11) is 0. The average molecular weight is 362 g/mol. The van der Waals surface area contributed by atoms with Crippen LogP contribution in [0.15, 0.2) is 65.5 Å². The zero-order valence-corrected chi connectivity index (χ0v) is 14.5. The predicted octanol–water partition coefficient (Wildman–Crippen LogP) is 5.05. The standard InChI is InChI=1S/C15H10ClNO.C3H6O2S/c16-14-7-5-12(6-8-14)11-1-3-13(4-2-11)15-9-17-10-18-15;1-2(6)3(4)5/h1-10H;2,6H,1H3,(H,4,5). The van der Waals surface area contributed by atoms with Crippen LogP contribution in [-0.2, 0) is 4.79 Å². The first-order valence-electron chi connectivity index (χ1n) is 7.13. The molecule has 0 aliphatic rings. The number of halogens is 1. The minimum Gasteiger partial charge on any atom is -0.480 e. The summed E-state index contributed by atoms with van der Waals surface area (Å²) in [6.45, 7) is 1.51. The number of carboxylic acids is 1. The number of rotatable bonds is 3. The van der Waals surface area contributed by atoms with Gasteiger partial charge in [-0.2, -0.15) is 12.6 Å². The fourth-order valence-corrected chi connectivity index (χ4v) is 1.95. The number of carboxylic acid groups (broad SMARTS) is 1. The first-order chi connectivity index (χ1) is 11.5. The lowest BCUT2D eigenvalue weighted by molar-refractivity contribution is -0.136. The number of thiol groups is 1. The largest absolute Gasteiger partial charge is 0.480 e. The molecule has 1 aromatic heterocycles. The van der Waals surface area contributed by atoms with Crippen molar-refractivity contribution in [2.75, 3.05) is 0 Å². The van der Waals surface area contributed by atoms with Gasteiger partial charge in [0.05, 0.1) is 11.4 Å². The van der Waals surface area contributed by atoms with E-state index < -0.39 is 11.2 Å². The lowest BCUT2D eigenvalue weighted by Crippen LogP contribution is -2.06. The molecule has 0 bridgehead atoms. The van der Waals surface area contributed by atoms with E-state index in [0.29, 0.717) is 0 Å². The van der Waals surface area contributed by atoms with E-state index in [1.165, 1.54) is 13.3 Å². The number of benzene rings is 2. The van der Waals surface area contributed by atoms with E-state index in [2.05, 4.69) is 29.7 Å². The van der Waals surface area contributed by atoms with E-state index in [-0.39, 0.29) is 0 Å². The van der Waals surface area contributed by atoms with Crippen LogP contribution in [0.4, 0.5) is 0 Å². The Hall–Kier alpha value is -2.24. The molecule has 3 aromatic rings. The van der Waals surface area contributed by atoms with Crippen molar-refractivity contribution in [1.82, 2.24) is 4.98 Å². The quantitative estimate of drug-likeness (QED) is 0.640. The SMILES string of the molecule is CC(S)C(=O)O.Clc1ccc(-c2ccc(-c3cnco3)cc2)cc1. The van der Waals surface area contributed by atoms with Gasteiger partial charge < -0.3 is 9.52 Å². The van der Waals surface area contributed by atoms with Crippen molar-refractivity contribution in [2.24, 2.45) is 0 Å². The molecule has 1 heterocycles. The number of aliphatic carboxylic acids is 1. The Morgan fingerprint density at radius 3 is 1.96 bits per heavy atom. The van der Waals surface area contributed by atoms with Crippen LogP contribution >= 0.6 is 24.2 Å². The third-order valence-corrected chi connectivity index (χ3v) is 3.61. The summed E-state index contributed by atoms with van der Waals surface area (Å²) in [5.74, 6) is -0.101. The molecule has 1 atom stereocenters. The molecule has 24 heavy (non-hydrogen) atoms. The monoisotopic (exact) mass is 361 g/mol. The number of hydrogen-bond acceptors (Lipinski definition) is 4. The fourth-order valence-electron chi connectivity index (χ4n) is 1.83. The molecular weight excluding hydrogens is 346 g/mol. The maximum absolute atomic E-state index is 9.62. The maximum Gasteiger partial charge on any atom is 0.316 e. The number of carbonyl (C=O) groups is 1. The van der Waals surface area contributed by atoms with E-state index in [0.717, 1.165) is 27.5 Å². The van der Waals surface area contributed by atoms with Crippen LogP contribution in [-0.4, -0.2) is 21.3 Å². The number of nitrogens with zero attached hydrogens (tertiary/aromatic N) is 1. The molecule has 0 amide bonds. The van der Waals surface area contributed by atoms with Gasteiger partial charge in [-0.1, -0.05) is 48.0 Å². The molecule has 0 saturated carbocycles. The lowest BCUT2D eigenvalue weighted by Gasteiger charge is -2.03. The molecule has 2 aromatic carbocycles. The van der Waals surface area contributed by atoms with Crippen LogP contribution in [0.1, 0.15) is 6.92 Å². The normalized spacial score (nSPS) is 11.3. The zero-order valence-electron chi connectivity index (χ0n) is 12.9. The highest BCUT2D eigenvalue weighted by atomic mass is 35.5. The van der Waals surface area contributed by atoms with E-state index in [9.17, 15) is 4.79 Å². The van der Waals surface area contributed by atoms with Crippen molar-refractivity contribution in [3.8, 4) is 22.5 Å². The maximum atomic E-state index is 9.62. The van der Waals surface area contributed by atoms with Gasteiger partial charge in [0.15, 0.2) is 12.2 Å². The molecule has 0 aliphatic heterocycles. The van der Waals surface area contributed by atoms with Gasteiger partial charge in [0.1, 0.15) is 0 Å². The molecule has 3 rings (SSSR count). The Morgan fingerprint density at radius 1 is 1.08 bits per heavy atom. The molecule has 0 aliphatic carbocycles. The van der Waals surface area contributed by atoms with Crippen LogP contribution in [0.25, 0.3) is 22.5 Å². The Bertz CT molecular complexity index is 769. The van der Waals surface area contributed by atoms with Crippen LogP contribution in [0.2, 0.25) is 5.02 Å². The first-order valence-corrected chi connectivity index (χ1v) is 8.02. The Morgan fingerprint density at radius 2 is 1.54 bits per heavy atom. The highest BCUT2D eigenvalue weighted by Gasteiger charge is 2.02. The number of hydrogen-bond donors (Lipinski definition) is 2. The second kappa shape index (κ2) is 8.57. The Labute approximate surface area is 150 Å². The van der Waals surface area contributed by atoms with Crippen molar-refractivity contribution in [1.29, 1.82) is 0 Å². The molecule has 0 saturated heterocycles. The van der Waals surface area contributed by atoms with Gasteiger partial charge >= 0.3 is 5.97 Å². The highest BCUT2D eigenvalue weighted by Crippen LogP contribution is 2.25. The summed E-state index contributed by atoms with van der Waals surface area (Å²) in [5.41, 5.74) is 3.31. The van der Waals surface area contributed by atoms with E-state index in [1.807, 2.05) is 36.4 Å². The van der Waals surface area contributed by atoms with Gasteiger partial charge in [0, 0.05) is 10.6 Å². The van der Waals surface area contributed by atoms with Crippen molar-refractivity contribution in [3.63, 3.8) is 0 Å². The molecule has 1 N–H and O–H groups in total. The molecule has 0 radical (unpaired) electrons. The minimum absolute atomic E-state index is 0.537. The third kappa shape index (κ3) is 5.15. The van der Waals surface area contributed by atoms with Crippen molar-refractivity contribution in [2.45, 2.75) is 12.2 Å². The van der Waals surface area contributed by atoms with Gasteiger partial charge in [-0.3, -0.25) is 4.79 Å². The molecule has 6 heteroatoms. The van der Waals surface area contributed by atoms with Crippen LogP contribution in [0.5, 0.6) is 0 Å². The molecule has 124 valence electrons. The highest BCUT2D eigenvalue weighted by molar-refractivity contribution is 7.81. The van der Waals surface area contributed by atoms with E-state index in [4.69, 9.17) is 21.1 Å². The number of oxazole rings is 1. The van der Waals surface area contributed by atoms with Crippen molar-refractivity contribution >= 4 is 30.2 Å². The molecular formula is C18H16ClNO3S. The summed E-state index contributed by atoms with van der Waals surface area (Å²) >= 11 is 9.47. The predicted molar refractivity (Wildman–Crippen MR) is 98.5 cm³/mol. The smallest absolute Gasteiger partial charge is 0.316 e. The Balaban J connectivity index is 0.000000301. The zero-order chi connectivity index (χ0) is 17.5. The Kier molecular flexibility index (Phi) is 6.46. The van der Waals surface area contributed by atoms with E-state index in [1.54, 1.807) is 6.20 Å². The van der Waals surface area contributed by atoms with Gasteiger partial charge in [0.2, 0.25) is 0 Å². The summed E-state index contributed by atoms with van der Waals surface area (Å²) in [6.07, 6.45) is 3.14. The summed E-state index contributed by atoms with van der Waals surface area (Å²) in [6, 6.07) is 15.9. The molecule has 0 spiro atoms. The van der Waals surface area contributed by atoms with Crippen LogP contribution < -0.4 is 0 Å². The third-order valence-electron chi connectivity index (χ3n) is 3.14. The molecule has 1 unspecified atom stereocenters. The second-order valence-corrected chi connectivity index (χ2v) is 6.18. The molecule has 0 fully saturated rings. The molecule has 4 nitrogen and oxygen atoms in total. The topological polar surface area (TPSA) is 63.3 Å². The van der Waals surface area contributed by atoms with Crippen LogP contribution in [0.3, 0.4) is 0 Å². The summed E-state index contributed by atoms with van der Waals surface area (Å²) < 4.78 is 5.25. The minimum atomic E-state index is -0.877. The summed E-state index contributed by atoms with van der Waals surface area (Å²) in [5, 5.41) is 8.12. The van der Waals surface area contributed by atoms with Crippen molar-refractivity contribution < 1.29 is 14.3 Å². The van der Waals surface area contributed by atoms with Crippen molar-refractivity contribution in [3.05, 3.63) is 66.1 Å². The number of aromatic nitrogens is 1. The lowest BCUT2D eigenvalue weighted by atomic mass is 10.0. The fraction of sp³-hybridized carbons (Fsp3) is 0.111. The van der Waals surface area contributed by atoms with Gasteiger partial charge in [-0.25, -0.2) is 4.98 Å². The van der Waals surface area contributed by atoms with Crippen LogP contribution in [0, 0.1) is 0 Å². The van der Waals surface area contributed by atoms with Gasteiger partial charge in [-0.15, -0.1) is 0 Å². The second-order valence-electron chi connectivity index (χ2n) is 4.96. The first kappa shape index (κ1) is 18.1. The average Bonchev–Trinajstić information content (AvgIpc) is 3.11.